The summed E-state index contributed by atoms with van der Waals surface area (Å²) in [7, 11) is -0.217. The van der Waals surface area contributed by atoms with Crippen molar-refractivity contribution in [3.63, 3.8) is 0 Å². The van der Waals surface area contributed by atoms with Gasteiger partial charge in [0.2, 0.25) is 15.9 Å². The van der Waals surface area contributed by atoms with Gasteiger partial charge in [-0.15, -0.1) is 0 Å². The second-order valence-electron chi connectivity index (χ2n) is 8.46. The molecule has 1 amide bonds. The molecule has 0 unspecified atom stereocenters. The summed E-state index contributed by atoms with van der Waals surface area (Å²) in [5.74, 6) is 1.41. The van der Waals surface area contributed by atoms with E-state index in [0.29, 0.717) is 62.1 Å². The van der Waals surface area contributed by atoms with Crippen LogP contribution >= 0.6 is 0 Å². The number of carbonyl (C=O) groups is 1. The molecular formula is C25H30N4O5S. The first kappa shape index (κ1) is 24.9. The molecule has 1 fully saturated rings. The van der Waals surface area contributed by atoms with Gasteiger partial charge in [0.05, 0.1) is 23.9 Å². The van der Waals surface area contributed by atoms with E-state index in [1.165, 1.54) is 23.5 Å². The van der Waals surface area contributed by atoms with E-state index in [-0.39, 0.29) is 17.2 Å². The Balaban J connectivity index is 1.37. The van der Waals surface area contributed by atoms with Gasteiger partial charge in [-0.05, 0) is 31.7 Å². The zero-order valence-corrected chi connectivity index (χ0v) is 20.8. The second kappa shape index (κ2) is 11.0. The summed E-state index contributed by atoms with van der Waals surface area (Å²) < 4.78 is 38.8. The number of hydrogen-bond donors (Lipinski definition) is 1. The number of methoxy groups -OCH3 is 1. The van der Waals surface area contributed by atoms with Crippen LogP contribution < -0.4 is 10.1 Å². The highest BCUT2D eigenvalue weighted by molar-refractivity contribution is 7.89. The predicted molar refractivity (Wildman–Crippen MR) is 133 cm³/mol. The first-order valence-electron chi connectivity index (χ1n) is 11.5. The molecule has 10 heteroatoms. The minimum absolute atomic E-state index is 0.131. The molecule has 186 valence electrons. The van der Waals surface area contributed by atoms with E-state index in [9.17, 15) is 13.2 Å². The molecule has 1 aliphatic heterocycles. The van der Waals surface area contributed by atoms with Gasteiger partial charge in [0.25, 0.3) is 0 Å². The minimum atomic E-state index is -3.66. The highest BCUT2D eigenvalue weighted by Gasteiger charge is 2.28. The van der Waals surface area contributed by atoms with E-state index in [1.807, 2.05) is 37.4 Å². The van der Waals surface area contributed by atoms with Crippen LogP contribution in [0.3, 0.4) is 0 Å². The Morgan fingerprint density at radius 2 is 1.86 bits per heavy atom. The lowest BCUT2D eigenvalue weighted by atomic mass is 10.2. The third kappa shape index (κ3) is 6.08. The lowest BCUT2D eigenvalue weighted by Crippen LogP contribution is -2.47. The first-order chi connectivity index (χ1) is 16.9. The standard InChI is InChI=1S/C25H30N4O5S/c1-28-13-15-29(16-14-28)35(31,32)20-11-12-22(33-2)21(17-20)27-24(30)9-6-10-25-26-18-23(34-25)19-7-4-3-5-8-19/h3-5,7-8,11-12,17-18H,6,9-10,13-16H2,1-2H3,(H,27,30). The van der Waals surface area contributed by atoms with Crippen molar-refractivity contribution in [1.82, 2.24) is 14.2 Å². The normalized spacial score (nSPS) is 15.1. The van der Waals surface area contributed by atoms with Crippen LogP contribution in [0.5, 0.6) is 5.75 Å². The van der Waals surface area contributed by atoms with Crippen molar-refractivity contribution >= 4 is 21.6 Å². The molecule has 0 aliphatic carbocycles. The molecule has 1 saturated heterocycles. The fourth-order valence-electron chi connectivity index (χ4n) is 3.90. The maximum Gasteiger partial charge on any atom is 0.243 e. The lowest BCUT2D eigenvalue weighted by molar-refractivity contribution is -0.116. The molecule has 0 bridgehead atoms. The summed E-state index contributed by atoms with van der Waals surface area (Å²) in [5, 5.41) is 2.80. The number of nitrogens with zero attached hydrogens (tertiary/aromatic N) is 3. The maximum atomic E-state index is 13.1. The molecule has 0 atom stereocenters. The monoisotopic (exact) mass is 498 g/mol. The van der Waals surface area contributed by atoms with Gasteiger partial charge in [0.1, 0.15) is 5.75 Å². The topological polar surface area (TPSA) is 105 Å². The van der Waals surface area contributed by atoms with Crippen LogP contribution in [0.1, 0.15) is 18.7 Å². The van der Waals surface area contributed by atoms with Crippen molar-refractivity contribution in [2.24, 2.45) is 0 Å². The fraction of sp³-hybridized carbons (Fsp3) is 0.360. The average Bonchev–Trinajstić information content (AvgIpc) is 3.34. The first-order valence-corrected chi connectivity index (χ1v) is 13.0. The second-order valence-corrected chi connectivity index (χ2v) is 10.4. The third-order valence-corrected chi connectivity index (χ3v) is 7.85. The molecule has 0 radical (unpaired) electrons. The molecule has 3 aromatic rings. The zero-order chi connectivity index (χ0) is 24.8. The van der Waals surface area contributed by atoms with Crippen molar-refractivity contribution < 1.29 is 22.4 Å². The van der Waals surface area contributed by atoms with Crippen LogP contribution in [0.25, 0.3) is 11.3 Å². The van der Waals surface area contributed by atoms with E-state index >= 15 is 0 Å². The molecule has 4 rings (SSSR count). The Hall–Kier alpha value is -3.21. The molecule has 2 heterocycles. The fourth-order valence-corrected chi connectivity index (χ4v) is 5.35. The molecule has 0 spiro atoms. The van der Waals surface area contributed by atoms with E-state index in [4.69, 9.17) is 9.15 Å². The van der Waals surface area contributed by atoms with Gasteiger partial charge in [0, 0.05) is 44.6 Å². The van der Waals surface area contributed by atoms with Gasteiger partial charge in [-0.1, -0.05) is 30.3 Å². The number of piperazine rings is 1. The number of ether oxygens (including phenoxy) is 1. The largest absolute Gasteiger partial charge is 0.495 e. The Morgan fingerprint density at radius 3 is 2.57 bits per heavy atom. The number of carbonyl (C=O) groups excluding carboxylic acids is 1. The molecule has 0 saturated carbocycles. The van der Waals surface area contributed by atoms with Crippen LogP contribution in [-0.2, 0) is 21.2 Å². The van der Waals surface area contributed by atoms with E-state index in [0.717, 1.165) is 5.56 Å². The van der Waals surface area contributed by atoms with Gasteiger partial charge >= 0.3 is 0 Å². The molecule has 1 aliphatic rings. The summed E-state index contributed by atoms with van der Waals surface area (Å²) in [4.78, 5) is 19.1. The zero-order valence-electron chi connectivity index (χ0n) is 19.9. The highest BCUT2D eigenvalue weighted by Crippen LogP contribution is 2.29. The Bertz CT molecular complexity index is 1250. The predicted octanol–water partition coefficient (Wildman–Crippen LogP) is 3.25. The van der Waals surface area contributed by atoms with Crippen molar-refractivity contribution in [2.75, 3.05) is 45.7 Å². The Labute approximate surface area is 205 Å². The number of likely N-dealkylation sites (N-methyl/N-ethyl adjacent to an activating group) is 1. The number of hydrogen-bond acceptors (Lipinski definition) is 7. The van der Waals surface area contributed by atoms with Crippen molar-refractivity contribution in [3.8, 4) is 17.1 Å². The van der Waals surface area contributed by atoms with Gasteiger partial charge in [-0.25, -0.2) is 13.4 Å². The van der Waals surface area contributed by atoms with E-state index in [1.54, 1.807) is 12.3 Å². The molecule has 9 nitrogen and oxygen atoms in total. The number of nitrogens with one attached hydrogen (secondary N) is 1. The van der Waals surface area contributed by atoms with Crippen molar-refractivity contribution in [1.29, 1.82) is 0 Å². The van der Waals surface area contributed by atoms with Crippen LogP contribution in [-0.4, -0.2) is 68.9 Å². The summed E-state index contributed by atoms with van der Waals surface area (Å²) in [5.41, 5.74) is 1.28. The summed E-state index contributed by atoms with van der Waals surface area (Å²) in [6.07, 6.45) is 2.95. The summed E-state index contributed by atoms with van der Waals surface area (Å²) >= 11 is 0. The number of rotatable bonds is 9. The molecule has 2 aromatic carbocycles. The Kier molecular flexibility index (Phi) is 7.84. The van der Waals surface area contributed by atoms with E-state index in [2.05, 4.69) is 15.2 Å². The SMILES string of the molecule is COc1ccc(S(=O)(=O)N2CCN(C)CC2)cc1NC(=O)CCCc1ncc(-c2ccccc2)o1. The van der Waals surface area contributed by atoms with Crippen LogP contribution in [0.2, 0.25) is 0 Å². The molecule has 35 heavy (non-hydrogen) atoms. The number of aromatic nitrogens is 1. The van der Waals surface area contributed by atoms with Crippen LogP contribution in [0.4, 0.5) is 5.69 Å². The summed E-state index contributed by atoms with van der Waals surface area (Å²) in [6.45, 7) is 2.21. The van der Waals surface area contributed by atoms with E-state index < -0.39 is 10.0 Å². The highest BCUT2D eigenvalue weighted by atomic mass is 32.2. The average molecular weight is 499 g/mol. The lowest BCUT2D eigenvalue weighted by Gasteiger charge is -2.31. The maximum absolute atomic E-state index is 13.1. The quantitative estimate of drug-likeness (QED) is 0.483. The third-order valence-electron chi connectivity index (χ3n) is 5.95. The number of sulfonamides is 1. The summed E-state index contributed by atoms with van der Waals surface area (Å²) in [6, 6.07) is 14.2. The van der Waals surface area contributed by atoms with Gasteiger partial charge in [-0.2, -0.15) is 4.31 Å². The number of amides is 1. The van der Waals surface area contributed by atoms with Crippen molar-refractivity contribution in [2.45, 2.75) is 24.2 Å². The van der Waals surface area contributed by atoms with Crippen LogP contribution in [0.15, 0.2) is 64.0 Å². The van der Waals surface area contributed by atoms with Crippen LogP contribution in [0, 0.1) is 0 Å². The van der Waals surface area contributed by atoms with Gasteiger partial charge in [-0.3, -0.25) is 4.79 Å². The number of oxazole rings is 1. The number of anilines is 1. The smallest absolute Gasteiger partial charge is 0.243 e. The molecular weight excluding hydrogens is 468 g/mol. The molecule has 1 N–H and O–H groups in total. The number of aryl methyl sites for hydroxylation is 1. The minimum Gasteiger partial charge on any atom is -0.495 e. The van der Waals surface area contributed by atoms with Crippen molar-refractivity contribution in [3.05, 3.63) is 60.6 Å². The number of benzene rings is 2. The Morgan fingerprint density at radius 1 is 1.11 bits per heavy atom. The van der Waals surface area contributed by atoms with Gasteiger partial charge in [0.15, 0.2) is 11.7 Å². The molecule has 1 aromatic heterocycles. The van der Waals surface area contributed by atoms with Gasteiger partial charge < -0.3 is 19.4 Å².